The Balaban J connectivity index is 1.71. The molecule has 4 atom stereocenters. The molecule has 0 radical (unpaired) electrons. The van der Waals surface area contributed by atoms with Crippen LogP contribution < -0.4 is 0 Å². The standard InChI is InChI=1S/C19H25NO3/c1-12-17-18(22)15-6-5-13(21)10-16(15)19(12,2)7-8-20(17)11-14-4-3-9-23-14/h5-6,10,12,14,17,21H,3-4,7-9,11H2,1-2H3/t12-,14?,17-,19+/m0/s1. The lowest BCUT2D eigenvalue weighted by Gasteiger charge is -2.53. The number of likely N-dealkylation sites (tertiary alicyclic amines) is 1. The predicted molar refractivity (Wildman–Crippen MR) is 87.9 cm³/mol. The van der Waals surface area contributed by atoms with E-state index in [0.717, 1.165) is 50.1 Å². The van der Waals surface area contributed by atoms with Crippen molar-refractivity contribution in [3.8, 4) is 5.75 Å². The second-order valence-electron chi connectivity index (χ2n) is 7.63. The van der Waals surface area contributed by atoms with Crippen LogP contribution in [-0.2, 0) is 10.2 Å². The maximum atomic E-state index is 13.1. The van der Waals surface area contributed by atoms with E-state index in [-0.39, 0.29) is 35.0 Å². The zero-order valence-corrected chi connectivity index (χ0v) is 13.9. The summed E-state index contributed by atoms with van der Waals surface area (Å²) in [5, 5.41) is 9.88. The van der Waals surface area contributed by atoms with Gasteiger partial charge in [0.25, 0.3) is 0 Å². The van der Waals surface area contributed by atoms with Crippen molar-refractivity contribution in [2.45, 2.75) is 50.7 Å². The van der Waals surface area contributed by atoms with E-state index in [2.05, 4.69) is 18.7 Å². The van der Waals surface area contributed by atoms with Crippen LogP contribution in [-0.4, -0.2) is 47.6 Å². The number of fused-ring (bicyclic) bond motifs is 4. The Kier molecular flexibility index (Phi) is 3.50. The third-order valence-electron chi connectivity index (χ3n) is 6.41. The monoisotopic (exact) mass is 315 g/mol. The van der Waals surface area contributed by atoms with Gasteiger partial charge in [-0.25, -0.2) is 0 Å². The first kappa shape index (κ1) is 15.2. The van der Waals surface area contributed by atoms with Crippen LogP contribution in [0, 0.1) is 5.92 Å². The van der Waals surface area contributed by atoms with Gasteiger partial charge in [0.05, 0.1) is 12.1 Å². The predicted octanol–water partition coefficient (Wildman–Crippen LogP) is 2.74. The Hall–Kier alpha value is -1.39. The minimum absolute atomic E-state index is 0.0420. The van der Waals surface area contributed by atoms with Crippen LogP contribution in [0.2, 0.25) is 0 Å². The van der Waals surface area contributed by atoms with Crippen LogP contribution >= 0.6 is 0 Å². The lowest BCUT2D eigenvalue weighted by Crippen LogP contribution is -2.61. The number of ketones is 1. The maximum Gasteiger partial charge on any atom is 0.180 e. The molecule has 2 aliphatic heterocycles. The van der Waals surface area contributed by atoms with Crippen molar-refractivity contribution >= 4 is 5.78 Å². The lowest BCUT2D eigenvalue weighted by atomic mass is 9.58. The van der Waals surface area contributed by atoms with Gasteiger partial charge in [0.2, 0.25) is 0 Å². The molecule has 4 heteroatoms. The molecule has 2 heterocycles. The zero-order chi connectivity index (χ0) is 16.2. The van der Waals surface area contributed by atoms with Crippen LogP contribution in [0.3, 0.4) is 0 Å². The molecule has 1 unspecified atom stereocenters. The Morgan fingerprint density at radius 1 is 1.43 bits per heavy atom. The number of ether oxygens (including phenoxy) is 1. The number of phenols is 1. The Bertz CT molecular complexity index is 638. The van der Waals surface area contributed by atoms with E-state index in [1.54, 1.807) is 18.2 Å². The Labute approximate surface area is 137 Å². The van der Waals surface area contributed by atoms with E-state index in [1.165, 1.54) is 0 Å². The summed E-state index contributed by atoms with van der Waals surface area (Å²) in [6.07, 6.45) is 3.53. The molecule has 23 heavy (non-hydrogen) atoms. The molecule has 124 valence electrons. The van der Waals surface area contributed by atoms with Crippen molar-refractivity contribution in [1.29, 1.82) is 0 Å². The van der Waals surface area contributed by atoms with Crippen molar-refractivity contribution < 1.29 is 14.6 Å². The summed E-state index contributed by atoms with van der Waals surface area (Å²) in [6.45, 7) is 7.08. The average molecular weight is 315 g/mol. The van der Waals surface area contributed by atoms with Gasteiger partial charge in [0, 0.05) is 18.7 Å². The Morgan fingerprint density at radius 3 is 3.00 bits per heavy atom. The summed E-state index contributed by atoms with van der Waals surface area (Å²) >= 11 is 0. The van der Waals surface area contributed by atoms with Crippen LogP contribution in [0.4, 0.5) is 0 Å². The van der Waals surface area contributed by atoms with E-state index in [9.17, 15) is 9.90 Å². The van der Waals surface area contributed by atoms with Crippen LogP contribution in [0.25, 0.3) is 0 Å². The Morgan fingerprint density at radius 2 is 2.26 bits per heavy atom. The molecular weight excluding hydrogens is 290 g/mol. The first-order valence-electron chi connectivity index (χ1n) is 8.74. The molecule has 0 amide bonds. The van der Waals surface area contributed by atoms with Gasteiger partial charge in [-0.05, 0) is 60.9 Å². The number of phenolic OH excluding ortho intramolecular Hbond substituents is 1. The van der Waals surface area contributed by atoms with E-state index in [4.69, 9.17) is 4.74 Å². The summed E-state index contributed by atoms with van der Waals surface area (Å²) in [6, 6.07) is 5.18. The molecule has 0 saturated carbocycles. The first-order valence-corrected chi connectivity index (χ1v) is 8.74. The number of carbonyl (C=O) groups is 1. The molecule has 2 fully saturated rings. The number of hydrogen-bond donors (Lipinski definition) is 1. The maximum absolute atomic E-state index is 13.1. The third kappa shape index (κ3) is 2.23. The van der Waals surface area contributed by atoms with E-state index in [0.29, 0.717) is 0 Å². The first-order chi connectivity index (χ1) is 11.0. The summed E-state index contributed by atoms with van der Waals surface area (Å²) < 4.78 is 5.79. The van der Waals surface area contributed by atoms with E-state index < -0.39 is 0 Å². The number of nitrogens with zero attached hydrogens (tertiary/aromatic N) is 1. The molecule has 0 spiro atoms. The van der Waals surface area contributed by atoms with Crippen LogP contribution in [0.15, 0.2) is 18.2 Å². The number of carbonyl (C=O) groups excluding carboxylic acids is 1. The van der Waals surface area contributed by atoms with Crippen molar-refractivity contribution in [2.24, 2.45) is 5.92 Å². The molecule has 2 bridgehead atoms. The smallest absolute Gasteiger partial charge is 0.180 e. The highest BCUT2D eigenvalue weighted by molar-refractivity contribution is 6.03. The summed E-state index contributed by atoms with van der Waals surface area (Å²) in [5.74, 6) is 0.715. The summed E-state index contributed by atoms with van der Waals surface area (Å²) in [7, 11) is 0. The van der Waals surface area contributed by atoms with Gasteiger partial charge >= 0.3 is 0 Å². The molecule has 1 aromatic carbocycles. The van der Waals surface area contributed by atoms with Crippen LogP contribution in [0.5, 0.6) is 5.75 Å². The highest BCUT2D eigenvalue weighted by atomic mass is 16.5. The fourth-order valence-corrected chi connectivity index (χ4v) is 4.81. The van der Waals surface area contributed by atoms with Gasteiger partial charge in [-0.2, -0.15) is 0 Å². The van der Waals surface area contributed by atoms with Crippen molar-refractivity contribution in [2.75, 3.05) is 19.7 Å². The number of piperidine rings is 1. The minimum atomic E-state index is -0.0602. The van der Waals surface area contributed by atoms with E-state index in [1.807, 2.05) is 0 Å². The van der Waals surface area contributed by atoms with Gasteiger partial charge in [-0.1, -0.05) is 13.8 Å². The number of rotatable bonds is 2. The largest absolute Gasteiger partial charge is 0.508 e. The number of Topliss-reactive ketones (excluding diaryl/α,β-unsaturated/α-hetero) is 1. The van der Waals surface area contributed by atoms with Gasteiger partial charge in [-0.3, -0.25) is 9.69 Å². The fraction of sp³-hybridized carbons (Fsp3) is 0.632. The highest BCUT2D eigenvalue weighted by Gasteiger charge is 2.52. The summed E-state index contributed by atoms with van der Waals surface area (Å²) in [4.78, 5) is 15.5. The number of hydrogen-bond acceptors (Lipinski definition) is 4. The number of aromatic hydroxyl groups is 1. The van der Waals surface area contributed by atoms with Gasteiger partial charge < -0.3 is 9.84 Å². The highest BCUT2D eigenvalue weighted by Crippen LogP contribution is 2.49. The zero-order valence-electron chi connectivity index (χ0n) is 13.9. The number of benzene rings is 1. The average Bonchev–Trinajstić information content (AvgIpc) is 3.03. The molecule has 1 N–H and O–H groups in total. The molecule has 4 nitrogen and oxygen atoms in total. The minimum Gasteiger partial charge on any atom is -0.508 e. The SMILES string of the molecule is C[C@H]1[C@H]2C(=O)c3ccc(O)cc3[C@]1(C)CCN2CC1CCCO1. The molecule has 1 aromatic rings. The van der Waals surface area contributed by atoms with Crippen LogP contribution in [0.1, 0.15) is 49.0 Å². The van der Waals surface area contributed by atoms with Crippen molar-refractivity contribution in [1.82, 2.24) is 4.90 Å². The second kappa shape index (κ2) is 5.32. The van der Waals surface area contributed by atoms with Gasteiger partial charge in [0.15, 0.2) is 5.78 Å². The topological polar surface area (TPSA) is 49.8 Å². The van der Waals surface area contributed by atoms with Crippen molar-refractivity contribution in [3.63, 3.8) is 0 Å². The summed E-state index contributed by atoms with van der Waals surface area (Å²) in [5.41, 5.74) is 1.79. The van der Waals surface area contributed by atoms with Crippen molar-refractivity contribution in [3.05, 3.63) is 29.3 Å². The van der Waals surface area contributed by atoms with E-state index >= 15 is 0 Å². The van der Waals surface area contributed by atoms with Gasteiger partial charge in [0.1, 0.15) is 5.75 Å². The molecule has 4 rings (SSSR count). The normalized spacial score (nSPS) is 37.0. The third-order valence-corrected chi connectivity index (χ3v) is 6.41. The molecular formula is C19H25NO3. The molecule has 2 saturated heterocycles. The second-order valence-corrected chi connectivity index (χ2v) is 7.63. The van der Waals surface area contributed by atoms with Gasteiger partial charge in [-0.15, -0.1) is 0 Å². The molecule has 1 aliphatic carbocycles. The molecule has 3 aliphatic rings. The quantitative estimate of drug-likeness (QED) is 0.912. The molecule has 0 aromatic heterocycles. The fourth-order valence-electron chi connectivity index (χ4n) is 4.81. The lowest BCUT2D eigenvalue weighted by molar-refractivity contribution is -0.000149.